The molecule has 5 rings (SSSR count). The van der Waals surface area contributed by atoms with Gasteiger partial charge in [-0.1, -0.05) is 18.6 Å². The van der Waals surface area contributed by atoms with Gasteiger partial charge in [0.1, 0.15) is 11.1 Å². The van der Waals surface area contributed by atoms with Crippen molar-refractivity contribution in [3.8, 4) is 6.07 Å². The number of carbonyl (C=O) groups excluding carboxylic acids is 1. The Labute approximate surface area is 197 Å². The number of hydrogen-bond donors (Lipinski definition) is 2. The minimum Gasteiger partial charge on any atom is -0.315 e. The molecule has 7 nitrogen and oxygen atoms in total. The Morgan fingerprint density at radius 1 is 1.21 bits per heavy atom. The third-order valence-electron chi connectivity index (χ3n) is 7.19. The first-order chi connectivity index (χ1) is 16.1. The molecule has 0 unspecified atom stereocenters. The van der Waals surface area contributed by atoms with Crippen LogP contribution < -0.4 is 11.0 Å². The van der Waals surface area contributed by atoms with E-state index in [4.69, 9.17) is 0 Å². The summed E-state index contributed by atoms with van der Waals surface area (Å²) < 4.78 is 1.87. The third kappa shape index (κ3) is 4.11. The lowest BCUT2D eigenvalue weighted by Gasteiger charge is -2.35. The minimum absolute atomic E-state index is 0.0642. The second kappa shape index (κ2) is 9.16. The number of benzene rings is 1. The van der Waals surface area contributed by atoms with Gasteiger partial charge in [-0.05, 0) is 63.1 Å². The summed E-state index contributed by atoms with van der Waals surface area (Å²) in [5.74, 6) is -0.0642. The number of nitrogens with zero attached hydrogens (tertiary/aromatic N) is 3. The number of H-pyrrole nitrogens is 1. The zero-order valence-corrected chi connectivity index (χ0v) is 19.7. The third-order valence-corrected chi connectivity index (χ3v) is 8.39. The number of para-hydroxylation sites is 2. The van der Waals surface area contributed by atoms with Gasteiger partial charge in [-0.2, -0.15) is 5.26 Å². The maximum Gasteiger partial charge on any atom is 0.326 e. The summed E-state index contributed by atoms with van der Waals surface area (Å²) in [6.45, 7) is 3.42. The standard InChI is InChI=1S/C25H29N5O2S/c1-16(23(31)28-24-19(15-26)18-7-3-2-4-10-22(18)33-24)29-13-11-17(12-14-29)30-21-9-6-5-8-20(21)27-25(30)32/h5-6,8-9,16-17H,2-4,7,10-14H2,1H3,(H,27,32)(H,28,31)/t16-/m0/s1. The van der Waals surface area contributed by atoms with Crippen LogP contribution in [0.4, 0.5) is 5.00 Å². The van der Waals surface area contributed by atoms with E-state index in [2.05, 4.69) is 21.3 Å². The van der Waals surface area contributed by atoms with E-state index in [9.17, 15) is 14.9 Å². The normalized spacial score (nSPS) is 18.4. The molecule has 0 saturated carbocycles. The number of aromatic nitrogens is 2. The fourth-order valence-electron chi connectivity index (χ4n) is 5.30. The van der Waals surface area contributed by atoms with Gasteiger partial charge in [0.15, 0.2) is 0 Å². The fraction of sp³-hybridized carbons (Fsp3) is 0.480. The molecule has 1 amide bonds. The topological polar surface area (TPSA) is 93.9 Å². The Hall–Kier alpha value is -2.89. The number of rotatable bonds is 4. The van der Waals surface area contributed by atoms with E-state index in [1.165, 1.54) is 11.3 Å². The van der Waals surface area contributed by atoms with E-state index in [0.717, 1.165) is 68.2 Å². The molecule has 1 aromatic carbocycles. The molecule has 8 heteroatoms. The number of likely N-dealkylation sites (tertiary alicyclic amines) is 1. The molecule has 3 heterocycles. The van der Waals surface area contributed by atoms with E-state index in [1.54, 1.807) is 11.3 Å². The van der Waals surface area contributed by atoms with Gasteiger partial charge in [-0.15, -0.1) is 11.3 Å². The second-order valence-corrected chi connectivity index (χ2v) is 10.2. The molecule has 1 fully saturated rings. The number of anilines is 1. The molecule has 0 bridgehead atoms. The summed E-state index contributed by atoms with van der Waals surface area (Å²) in [5.41, 5.74) is 3.54. The molecule has 2 aromatic heterocycles. The van der Waals surface area contributed by atoms with Crippen LogP contribution in [0.3, 0.4) is 0 Å². The zero-order valence-electron chi connectivity index (χ0n) is 18.9. The van der Waals surface area contributed by atoms with Crippen LogP contribution in [0.15, 0.2) is 29.1 Å². The van der Waals surface area contributed by atoms with Crippen molar-refractivity contribution < 1.29 is 4.79 Å². The number of aryl methyl sites for hydroxylation is 1. The summed E-state index contributed by atoms with van der Waals surface area (Å²) >= 11 is 1.58. The van der Waals surface area contributed by atoms with Gasteiger partial charge >= 0.3 is 5.69 Å². The Bertz CT molecular complexity index is 1270. The molecule has 1 atom stereocenters. The lowest BCUT2D eigenvalue weighted by Crippen LogP contribution is -2.46. The quantitative estimate of drug-likeness (QED) is 0.567. The highest BCUT2D eigenvalue weighted by molar-refractivity contribution is 7.16. The predicted octanol–water partition coefficient (Wildman–Crippen LogP) is 4.20. The Balaban J connectivity index is 1.25. The van der Waals surface area contributed by atoms with Gasteiger partial charge < -0.3 is 10.3 Å². The van der Waals surface area contributed by atoms with Crippen LogP contribution in [0, 0.1) is 11.3 Å². The van der Waals surface area contributed by atoms with E-state index in [1.807, 2.05) is 35.8 Å². The van der Waals surface area contributed by atoms with Gasteiger partial charge in [0.2, 0.25) is 5.91 Å². The summed E-state index contributed by atoms with van der Waals surface area (Å²) in [6, 6.07) is 9.95. The van der Waals surface area contributed by atoms with Gasteiger partial charge in [0.05, 0.1) is 22.6 Å². The molecule has 3 aromatic rings. The number of imidazole rings is 1. The van der Waals surface area contributed by atoms with Gasteiger partial charge in [-0.3, -0.25) is 14.3 Å². The van der Waals surface area contributed by atoms with E-state index in [0.29, 0.717) is 10.6 Å². The number of nitriles is 1. The molecule has 0 radical (unpaired) electrons. The van der Waals surface area contributed by atoms with Crippen LogP contribution in [-0.4, -0.2) is 39.5 Å². The number of thiophene rings is 1. The molecular weight excluding hydrogens is 434 g/mol. The van der Waals surface area contributed by atoms with Crippen LogP contribution in [0.5, 0.6) is 0 Å². The average Bonchev–Trinajstić information content (AvgIpc) is 3.24. The van der Waals surface area contributed by atoms with Crippen LogP contribution in [0.25, 0.3) is 11.0 Å². The molecule has 172 valence electrons. The first-order valence-electron chi connectivity index (χ1n) is 11.9. The summed E-state index contributed by atoms with van der Waals surface area (Å²) in [4.78, 5) is 32.0. The Kier molecular flexibility index (Phi) is 6.09. The molecule has 1 aliphatic carbocycles. The molecule has 33 heavy (non-hydrogen) atoms. The monoisotopic (exact) mass is 463 g/mol. The SMILES string of the molecule is C[C@@H](C(=O)Nc1sc2c(c1C#N)CCCCC2)N1CCC(n2c(=O)[nH]c3ccccc32)CC1. The van der Waals surface area contributed by atoms with Crippen molar-refractivity contribution in [2.45, 2.75) is 64.0 Å². The maximum atomic E-state index is 13.1. The van der Waals surface area contributed by atoms with Crippen molar-refractivity contribution in [1.29, 1.82) is 5.26 Å². The summed E-state index contributed by atoms with van der Waals surface area (Å²) in [5, 5.41) is 13.5. The first-order valence-corrected chi connectivity index (χ1v) is 12.7. The Morgan fingerprint density at radius 3 is 2.76 bits per heavy atom. The van der Waals surface area contributed by atoms with E-state index >= 15 is 0 Å². The van der Waals surface area contributed by atoms with Gasteiger partial charge in [0, 0.05) is 24.0 Å². The number of carbonyl (C=O) groups is 1. The largest absolute Gasteiger partial charge is 0.326 e. The molecule has 0 spiro atoms. The van der Waals surface area contributed by atoms with Crippen molar-refractivity contribution in [3.05, 3.63) is 50.8 Å². The lowest BCUT2D eigenvalue weighted by molar-refractivity contribution is -0.121. The predicted molar refractivity (Wildman–Crippen MR) is 131 cm³/mol. The summed E-state index contributed by atoms with van der Waals surface area (Å²) in [6.07, 6.45) is 7.02. The molecule has 1 saturated heterocycles. The highest BCUT2D eigenvalue weighted by Crippen LogP contribution is 2.37. The number of piperidine rings is 1. The van der Waals surface area contributed by atoms with Crippen LogP contribution in [0.2, 0.25) is 0 Å². The fourth-order valence-corrected chi connectivity index (χ4v) is 6.54. The van der Waals surface area contributed by atoms with Crippen molar-refractivity contribution >= 4 is 33.3 Å². The van der Waals surface area contributed by atoms with Crippen molar-refractivity contribution in [2.24, 2.45) is 0 Å². The number of aromatic amines is 1. The summed E-state index contributed by atoms with van der Waals surface area (Å²) in [7, 11) is 0. The van der Waals surface area contributed by atoms with Crippen LogP contribution in [-0.2, 0) is 17.6 Å². The van der Waals surface area contributed by atoms with Crippen LogP contribution in [0.1, 0.15) is 61.1 Å². The molecule has 2 aliphatic rings. The molecule has 2 N–H and O–H groups in total. The van der Waals surface area contributed by atoms with Crippen LogP contribution >= 0.6 is 11.3 Å². The van der Waals surface area contributed by atoms with Gasteiger partial charge in [-0.25, -0.2) is 4.79 Å². The van der Waals surface area contributed by atoms with Crippen molar-refractivity contribution in [2.75, 3.05) is 18.4 Å². The average molecular weight is 464 g/mol. The number of nitrogens with one attached hydrogen (secondary N) is 2. The zero-order chi connectivity index (χ0) is 22.9. The molecule has 1 aliphatic heterocycles. The highest BCUT2D eigenvalue weighted by atomic mass is 32.1. The second-order valence-electron chi connectivity index (χ2n) is 9.13. The number of hydrogen-bond acceptors (Lipinski definition) is 5. The Morgan fingerprint density at radius 2 is 1.97 bits per heavy atom. The highest BCUT2D eigenvalue weighted by Gasteiger charge is 2.30. The lowest BCUT2D eigenvalue weighted by atomic mass is 10.0. The number of fused-ring (bicyclic) bond motifs is 2. The van der Waals surface area contributed by atoms with Crippen molar-refractivity contribution in [1.82, 2.24) is 14.5 Å². The van der Waals surface area contributed by atoms with E-state index < -0.39 is 0 Å². The molecular formula is C25H29N5O2S. The minimum atomic E-state index is -0.293. The van der Waals surface area contributed by atoms with Crippen molar-refractivity contribution in [3.63, 3.8) is 0 Å². The maximum absolute atomic E-state index is 13.1. The van der Waals surface area contributed by atoms with E-state index in [-0.39, 0.29) is 23.7 Å². The first kappa shape index (κ1) is 21.9. The van der Waals surface area contributed by atoms with Gasteiger partial charge in [0.25, 0.3) is 0 Å². The number of amides is 1. The smallest absolute Gasteiger partial charge is 0.315 e.